The van der Waals surface area contributed by atoms with Gasteiger partial charge in [-0.2, -0.15) is 13.2 Å². The van der Waals surface area contributed by atoms with Crippen LogP contribution in [0, 0.1) is 0 Å². The second kappa shape index (κ2) is 11.7. The number of thioether (sulfide) groups is 1. The van der Waals surface area contributed by atoms with E-state index in [1.54, 1.807) is 0 Å². The highest BCUT2D eigenvalue weighted by atomic mass is 32.2. The molecule has 0 saturated heterocycles. The largest absolute Gasteiger partial charge is 0.405 e. The van der Waals surface area contributed by atoms with Crippen molar-refractivity contribution in [3.63, 3.8) is 0 Å². The lowest BCUT2D eigenvalue weighted by molar-refractivity contribution is -0.141. The molecule has 5 nitrogen and oxygen atoms in total. The maximum absolute atomic E-state index is 13.6. The molecule has 0 bridgehead atoms. The van der Waals surface area contributed by atoms with Gasteiger partial charge in [-0.25, -0.2) is 4.98 Å². The fraction of sp³-hybridized carbons (Fsp3) is 0.258. The van der Waals surface area contributed by atoms with Crippen LogP contribution < -0.4 is 10.9 Å². The van der Waals surface area contributed by atoms with Gasteiger partial charge in [0.1, 0.15) is 12.0 Å². The Labute approximate surface area is 234 Å². The van der Waals surface area contributed by atoms with E-state index in [-0.39, 0.29) is 5.56 Å². The summed E-state index contributed by atoms with van der Waals surface area (Å²) in [6.07, 6.45) is -1.94. The molecule has 40 heavy (non-hydrogen) atoms. The summed E-state index contributed by atoms with van der Waals surface area (Å²) >= 11 is 1.45. The summed E-state index contributed by atoms with van der Waals surface area (Å²) < 4.78 is 39.2. The van der Waals surface area contributed by atoms with E-state index in [2.05, 4.69) is 15.3 Å². The Morgan fingerprint density at radius 2 is 1.50 bits per heavy atom. The molecule has 0 radical (unpaired) electrons. The van der Waals surface area contributed by atoms with Gasteiger partial charge in [-0.15, -0.1) is 0 Å². The summed E-state index contributed by atoms with van der Waals surface area (Å²) in [5.74, 6) is 0.0674. The summed E-state index contributed by atoms with van der Waals surface area (Å²) in [6, 6.07) is 25.9. The minimum Gasteiger partial charge on any atom is -0.346 e. The van der Waals surface area contributed by atoms with Crippen molar-refractivity contribution in [2.75, 3.05) is 12.3 Å². The molecular formula is C31H28F3N3O2S. The van der Waals surface area contributed by atoms with E-state index in [0.717, 1.165) is 40.7 Å². The van der Waals surface area contributed by atoms with Crippen molar-refractivity contribution < 1.29 is 18.0 Å². The predicted octanol–water partition coefficient (Wildman–Crippen LogP) is 6.73. The fourth-order valence-corrected chi connectivity index (χ4v) is 6.26. The van der Waals surface area contributed by atoms with Crippen LogP contribution in [-0.2, 0) is 10.2 Å². The minimum absolute atomic E-state index is 0.221. The number of rotatable bonds is 10. The number of halogens is 3. The zero-order valence-electron chi connectivity index (χ0n) is 21.6. The third-order valence-electron chi connectivity index (χ3n) is 7.13. The van der Waals surface area contributed by atoms with Gasteiger partial charge in [-0.05, 0) is 35.1 Å². The molecule has 0 saturated carbocycles. The molecule has 5 rings (SSSR count). The molecule has 0 unspecified atom stereocenters. The number of nitrogens with zero attached hydrogens (tertiary/aromatic N) is 1. The minimum atomic E-state index is -4.50. The van der Waals surface area contributed by atoms with Crippen molar-refractivity contribution in [1.82, 2.24) is 15.3 Å². The number of nitrogens with one attached hydrogen (secondary N) is 2. The molecule has 1 aromatic heterocycles. The van der Waals surface area contributed by atoms with Crippen LogP contribution in [0.2, 0.25) is 0 Å². The normalized spacial score (nSPS) is 13.5. The number of unbranched alkanes of at least 4 members (excludes halogenated alkanes) is 2. The molecule has 206 valence electrons. The smallest absolute Gasteiger partial charge is 0.346 e. The number of hydrogen-bond acceptors (Lipinski definition) is 4. The van der Waals surface area contributed by atoms with Crippen molar-refractivity contribution in [2.45, 2.75) is 42.4 Å². The molecule has 0 atom stereocenters. The molecule has 1 aliphatic carbocycles. The maximum atomic E-state index is 13.6. The average Bonchev–Trinajstić information content (AvgIpc) is 3.24. The number of carbonyl (C=O) groups excluding carboxylic acids is 1. The Bertz CT molecular complexity index is 1510. The number of alkyl halides is 3. The zero-order valence-corrected chi connectivity index (χ0v) is 22.4. The van der Waals surface area contributed by atoms with Crippen molar-refractivity contribution in [2.24, 2.45) is 0 Å². The molecule has 0 fully saturated rings. The lowest BCUT2D eigenvalue weighted by Crippen LogP contribution is -2.47. The van der Waals surface area contributed by atoms with Gasteiger partial charge in [0.15, 0.2) is 5.16 Å². The second-order valence-electron chi connectivity index (χ2n) is 9.76. The molecule has 2 N–H and O–H groups in total. The zero-order chi connectivity index (χ0) is 28.2. The van der Waals surface area contributed by atoms with Crippen LogP contribution in [0.25, 0.3) is 22.4 Å². The highest BCUT2D eigenvalue weighted by Crippen LogP contribution is 2.51. The Morgan fingerprint density at radius 3 is 2.15 bits per heavy atom. The van der Waals surface area contributed by atoms with Crippen molar-refractivity contribution in [1.29, 1.82) is 0 Å². The van der Waals surface area contributed by atoms with Crippen LogP contribution in [0.1, 0.15) is 36.8 Å². The van der Waals surface area contributed by atoms with E-state index in [1.165, 1.54) is 17.8 Å². The van der Waals surface area contributed by atoms with Crippen LogP contribution in [0.15, 0.2) is 94.9 Å². The molecule has 1 heterocycles. The topological polar surface area (TPSA) is 74.8 Å². The lowest BCUT2D eigenvalue weighted by Gasteiger charge is -2.31. The third kappa shape index (κ3) is 5.84. The number of fused-ring (bicyclic) bond motifs is 3. The molecule has 4 aromatic rings. The quantitative estimate of drug-likeness (QED) is 0.127. The number of amides is 1. The summed E-state index contributed by atoms with van der Waals surface area (Å²) in [6.45, 7) is -1.37. The third-order valence-corrected chi connectivity index (χ3v) is 8.08. The molecular weight excluding hydrogens is 535 g/mol. The number of benzene rings is 3. The van der Waals surface area contributed by atoms with Crippen molar-refractivity contribution in [3.05, 3.63) is 106 Å². The lowest BCUT2D eigenvalue weighted by atomic mass is 9.73. The van der Waals surface area contributed by atoms with Gasteiger partial charge >= 0.3 is 6.18 Å². The summed E-state index contributed by atoms with van der Waals surface area (Å²) in [5, 5.41) is 2.71. The van der Waals surface area contributed by atoms with Gasteiger partial charge < -0.3 is 10.3 Å². The average molecular weight is 564 g/mol. The Hall–Kier alpha value is -3.85. The highest BCUT2D eigenvalue weighted by molar-refractivity contribution is 7.99. The SMILES string of the molecule is O=C(NCC(F)(F)F)C1(CCCCCSc2nc(-c3ccccc3)cc(=O)[nH]2)c2ccccc2-c2ccccc21. The highest BCUT2D eigenvalue weighted by Gasteiger charge is 2.49. The van der Waals surface area contributed by atoms with Crippen LogP contribution in [0.3, 0.4) is 0 Å². The summed E-state index contributed by atoms with van der Waals surface area (Å²) in [5.41, 5.74) is 3.30. The van der Waals surface area contributed by atoms with Gasteiger partial charge in [0.2, 0.25) is 5.91 Å². The molecule has 3 aromatic carbocycles. The first-order valence-corrected chi connectivity index (χ1v) is 14.1. The second-order valence-corrected chi connectivity index (χ2v) is 10.8. The van der Waals surface area contributed by atoms with Crippen LogP contribution in [0.5, 0.6) is 0 Å². The predicted molar refractivity (Wildman–Crippen MR) is 151 cm³/mol. The Morgan fingerprint density at radius 1 is 0.875 bits per heavy atom. The van der Waals surface area contributed by atoms with E-state index in [1.807, 2.05) is 78.9 Å². The van der Waals surface area contributed by atoms with Crippen LogP contribution in [0.4, 0.5) is 13.2 Å². The van der Waals surface area contributed by atoms with Crippen LogP contribution in [-0.4, -0.2) is 34.3 Å². The fourth-order valence-electron chi connectivity index (χ4n) is 5.38. The first-order valence-electron chi connectivity index (χ1n) is 13.1. The summed E-state index contributed by atoms with van der Waals surface area (Å²) in [7, 11) is 0. The maximum Gasteiger partial charge on any atom is 0.405 e. The van der Waals surface area contributed by atoms with Gasteiger partial charge in [0, 0.05) is 17.4 Å². The Kier molecular flexibility index (Phi) is 8.12. The van der Waals surface area contributed by atoms with Gasteiger partial charge in [-0.1, -0.05) is 103 Å². The number of aromatic amines is 1. The molecule has 1 amide bonds. The van der Waals surface area contributed by atoms with E-state index >= 15 is 0 Å². The van der Waals surface area contributed by atoms with Gasteiger partial charge in [-0.3, -0.25) is 9.59 Å². The molecule has 0 spiro atoms. The van der Waals surface area contributed by atoms with E-state index in [0.29, 0.717) is 29.4 Å². The molecule has 9 heteroatoms. The number of aromatic nitrogens is 2. The number of H-pyrrole nitrogens is 1. The standard InChI is InChI=1S/C31H28F3N3O2S/c32-31(33,34)20-35-28(39)30(24-15-7-5-13-22(24)23-14-6-8-16-25(23)30)17-9-2-10-18-40-29-36-26(19-27(38)37-29)21-11-3-1-4-12-21/h1,3-8,11-16,19H,2,9-10,17-18,20H2,(H,35,39)(H,36,37,38). The van der Waals surface area contributed by atoms with E-state index in [4.69, 9.17) is 0 Å². The van der Waals surface area contributed by atoms with E-state index in [9.17, 15) is 22.8 Å². The van der Waals surface area contributed by atoms with Crippen molar-refractivity contribution in [3.8, 4) is 22.4 Å². The summed E-state index contributed by atoms with van der Waals surface area (Å²) in [4.78, 5) is 33.1. The molecule has 1 aliphatic rings. The van der Waals surface area contributed by atoms with E-state index < -0.39 is 24.0 Å². The van der Waals surface area contributed by atoms with Crippen LogP contribution >= 0.6 is 11.8 Å². The first-order chi connectivity index (χ1) is 19.3. The first kappa shape index (κ1) is 27.7. The number of hydrogen-bond donors (Lipinski definition) is 2. The van der Waals surface area contributed by atoms with Gasteiger partial charge in [0.05, 0.1) is 5.69 Å². The monoisotopic (exact) mass is 563 g/mol. The van der Waals surface area contributed by atoms with Gasteiger partial charge in [0.25, 0.3) is 5.56 Å². The molecule has 0 aliphatic heterocycles. The Balaban J connectivity index is 1.28. The van der Waals surface area contributed by atoms with Crippen molar-refractivity contribution >= 4 is 17.7 Å². The number of carbonyl (C=O) groups is 1.